The highest BCUT2D eigenvalue weighted by molar-refractivity contribution is 5.29. The van der Waals surface area contributed by atoms with E-state index in [0.717, 1.165) is 0 Å². The van der Waals surface area contributed by atoms with Gasteiger partial charge in [-0.25, -0.2) is 0 Å². The molecule has 0 aliphatic heterocycles. The van der Waals surface area contributed by atoms with Crippen molar-refractivity contribution in [1.29, 1.82) is 0 Å². The fourth-order valence-corrected chi connectivity index (χ4v) is 2.68. The highest BCUT2D eigenvalue weighted by atomic mass is 19.3. The average molecular weight is 253 g/mol. The van der Waals surface area contributed by atoms with Gasteiger partial charge in [0.05, 0.1) is 6.04 Å². The van der Waals surface area contributed by atoms with Crippen LogP contribution < -0.4 is 5.73 Å². The Morgan fingerprint density at radius 1 is 1.11 bits per heavy atom. The zero-order valence-electron chi connectivity index (χ0n) is 10.8. The van der Waals surface area contributed by atoms with Crippen LogP contribution in [0.4, 0.5) is 8.78 Å². The number of halogens is 2. The monoisotopic (exact) mass is 253 g/mol. The lowest BCUT2D eigenvalue weighted by Gasteiger charge is -2.24. The lowest BCUT2D eigenvalue weighted by Crippen LogP contribution is -2.35. The zero-order valence-corrected chi connectivity index (χ0v) is 10.8. The van der Waals surface area contributed by atoms with Crippen LogP contribution in [0.1, 0.15) is 56.1 Å². The highest BCUT2D eigenvalue weighted by Gasteiger charge is 2.36. The number of rotatable bonds is 3. The second-order valence-electron chi connectivity index (χ2n) is 5.37. The summed E-state index contributed by atoms with van der Waals surface area (Å²) >= 11 is 0. The summed E-state index contributed by atoms with van der Waals surface area (Å²) < 4.78 is 27.5. The molecule has 1 saturated carbocycles. The molecule has 1 aliphatic carbocycles. The Morgan fingerprint density at radius 3 is 2.17 bits per heavy atom. The van der Waals surface area contributed by atoms with Crippen LogP contribution in [0.5, 0.6) is 0 Å². The Morgan fingerprint density at radius 2 is 1.67 bits per heavy atom. The van der Waals surface area contributed by atoms with Crippen LogP contribution in [-0.2, 0) is 5.92 Å². The van der Waals surface area contributed by atoms with Gasteiger partial charge in [-0.15, -0.1) is 0 Å². The number of hydrogen-bond donors (Lipinski definition) is 1. The molecular weight excluding hydrogens is 232 g/mol. The maximum Gasteiger partial charge on any atom is 0.287 e. The molecule has 0 heterocycles. The van der Waals surface area contributed by atoms with Crippen molar-refractivity contribution in [3.8, 4) is 0 Å². The molecule has 18 heavy (non-hydrogen) atoms. The highest BCUT2D eigenvalue weighted by Crippen LogP contribution is 2.35. The first-order valence-corrected chi connectivity index (χ1v) is 6.75. The summed E-state index contributed by atoms with van der Waals surface area (Å²) in [5, 5.41) is 0. The fourth-order valence-electron chi connectivity index (χ4n) is 2.68. The van der Waals surface area contributed by atoms with E-state index in [0.29, 0.717) is 5.92 Å². The number of nitrogens with two attached hydrogens (primary N) is 1. The van der Waals surface area contributed by atoms with E-state index in [1.807, 2.05) is 12.1 Å². The van der Waals surface area contributed by atoms with Crippen molar-refractivity contribution in [2.45, 2.75) is 56.9 Å². The summed E-state index contributed by atoms with van der Waals surface area (Å²) in [4.78, 5) is 0. The van der Waals surface area contributed by atoms with Crippen LogP contribution in [0.3, 0.4) is 0 Å². The predicted molar refractivity (Wildman–Crippen MR) is 69.8 cm³/mol. The van der Waals surface area contributed by atoms with E-state index in [1.165, 1.54) is 56.7 Å². The van der Waals surface area contributed by atoms with Crippen molar-refractivity contribution in [2.24, 2.45) is 5.73 Å². The Bertz CT molecular complexity index is 378. The van der Waals surface area contributed by atoms with E-state index in [-0.39, 0.29) is 5.56 Å². The van der Waals surface area contributed by atoms with Gasteiger partial charge in [-0.2, -0.15) is 8.78 Å². The van der Waals surface area contributed by atoms with Gasteiger partial charge in [0.25, 0.3) is 5.92 Å². The minimum Gasteiger partial charge on any atom is -0.323 e. The van der Waals surface area contributed by atoms with Gasteiger partial charge in [0.15, 0.2) is 0 Å². The van der Waals surface area contributed by atoms with Gasteiger partial charge in [-0.3, -0.25) is 0 Å². The van der Waals surface area contributed by atoms with Crippen molar-refractivity contribution in [3.63, 3.8) is 0 Å². The molecule has 0 amide bonds. The van der Waals surface area contributed by atoms with E-state index in [1.54, 1.807) is 0 Å². The molecule has 0 saturated heterocycles. The summed E-state index contributed by atoms with van der Waals surface area (Å²) in [5.74, 6) is -2.39. The van der Waals surface area contributed by atoms with E-state index < -0.39 is 12.0 Å². The Hall–Kier alpha value is -0.960. The van der Waals surface area contributed by atoms with Crippen molar-refractivity contribution in [1.82, 2.24) is 0 Å². The van der Waals surface area contributed by atoms with Crippen molar-refractivity contribution >= 4 is 0 Å². The Balaban J connectivity index is 2.14. The van der Waals surface area contributed by atoms with Crippen molar-refractivity contribution in [2.75, 3.05) is 0 Å². The maximum absolute atomic E-state index is 13.7. The van der Waals surface area contributed by atoms with Gasteiger partial charge in [0, 0.05) is 5.56 Å². The summed E-state index contributed by atoms with van der Waals surface area (Å²) in [6.45, 7) is 1.34. The first-order valence-electron chi connectivity index (χ1n) is 6.75. The lowest BCUT2D eigenvalue weighted by molar-refractivity contribution is -0.0256. The smallest absolute Gasteiger partial charge is 0.287 e. The van der Waals surface area contributed by atoms with Gasteiger partial charge in [0.2, 0.25) is 0 Å². The van der Waals surface area contributed by atoms with Crippen LogP contribution in [-0.4, -0.2) is 6.04 Å². The first-order chi connectivity index (χ1) is 8.51. The molecule has 1 aliphatic rings. The molecule has 0 aromatic heterocycles. The van der Waals surface area contributed by atoms with E-state index in [9.17, 15) is 8.78 Å². The summed E-state index contributed by atoms with van der Waals surface area (Å²) in [6.07, 6.45) is 6.17. The second-order valence-corrected chi connectivity index (χ2v) is 5.37. The molecule has 2 rings (SSSR count). The standard InChI is InChI=1S/C15H21F2N/c1-11(18)15(16,17)14-9-7-13(8-10-14)12-5-3-2-4-6-12/h7-12H,2-6,18H2,1H3. The fraction of sp³-hybridized carbons (Fsp3) is 0.600. The second kappa shape index (κ2) is 5.35. The van der Waals surface area contributed by atoms with Gasteiger partial charge in [0.1, 0.15) is 0 Å². The van der Waals surface area contributed by atoms with E-state index in [4.69, 9.17) is 5.73 Å². The molecule has 1 aromatic carbocycles. The maximum atomic E-state index is 13.7. The number of alkyl halides is 2. The van der Waals surface area contributed by atoms with E-state index >= 15 is 0 Å². The molecular formula is C15H21F2N. The minimum atomic E-state index is -2.94. The third-order valence-electron chi connectivity index (χ3n) is 3.94. The lowest BCUT2D eigenvalue weighted by atomic mass is 9.83. The van der Waals surface area contributed by atoms with Crippen molar-refractivity contribution in [3.05, 3.63) is 35.4 Å². The normalized spacial score (nSPS) is 19.8. The van der Waals surface area contributed by atoms with Crippen LogP contribution in [0.15, 0.2) is 24.3 Å². The zero-order chi connectivity index (χ0) is 13.2. The SMILES string of the molecule is CC(N)C(F)(F)c1ccc(C2CCCCC2)cc1. The molecule has 1 nitrogen and oxygen atoms in total. The number of hydrogen-bond acceptors (Lipinski definition) is 1. The summed E-state index contributed by atoms with van der Waals surface area (Å²) in [6, 6.07) is 5.61. The molecule has 1 fully saturated rings. The molecule has 1 aromatic rings. The molecule has 0 bridgehead atoms. The van der Waals surface area contributed by atoms with Gasteiger partial charge < -0.3 is 5.73 Å². The Kier molecular flexibility index (Phi) is 4.00. The molecule has 0 spiro atoms. The summed E-state index contributed by atoms with van der Waals surface area (Å²) in [5.41, 5.74) is 6.55. The molecule has 1 atom stereocenters. The molecule has 0 radical (unpaired) electrons. The molecule has 1 unspecified atom stereocenters. The van der Waals surface area contributed by atoms with Crippen LogP contribution in [0.25, 0.3) is 0 Å². The van der Waals surface area contributed by atoms with Crippen LogP contribution in [0.2, 0.25) is 0 Å². The van der Waals surface area contributed by atoms with Crippen LogP contribution >= 0.6 is 0 Å². The average Bonchev–Trinajstić information content (AvgIpc) is 2.40. The third-order valence-corrected chi connectivity index (χ3v) is 3.94. The van der Waals surface area contributed by atoms with Gasteiger partial charge >= 0.3 is 0 Å². The minimum absolute atomic E-state index is 0.0251. The predicted octanol–water partition coefficient (Wildman–Crippen LogP) is 4.17. The van der Waals surface area contributed by atoms with E-state index in [2.05, 4.69) is 0 Å². The van der Waals surface area contributed by atoms with Gasteiger partial charge in [-0.05, 0) is 31.2 Å². The molecule has 100 valence electrons. The van der Waals surface area contributed by atoms with Crippen LogP contribution in [0, 0.1) is 0 Å². The first kappa shape index (κ1) is 13.5. The molecule has 2 N–H and O–H groups in total. The Labute approximate surface area is 107 Å². The molecule has 3 heteroatoms. The van der Waals surface area contributed by atoms with Gasteiger partial charge in [-0.1, -0.05) is 43.5 Å². The third kappa shape index (κ3) is 2.72. The van der Waals surface area contributed by atoms with Crippen molar-refractivity contribution < 1.29 is 8.78 Å². The topological polar surface area (TPSA) is 26.0 Å². The largest absolute Gasteiger partial charge is 0.323 e. The number of benzene rings is 1. The summed E-state index contributed by atoms with van der Waals surface area (Å²) in [7, 11) is 0. The quantitative estimate of drug-likeness (QED) is 0.859.